The number of esters is 1. The zero-order valence-electron chi connectivity index (χ0n) is 11.8. The number of amides is 1. The second kappa shape index (κ2) is 8.38. The molecule has 1 saturated carbocycles. The van der Waals surface area contributed by atoms with E-state index in [0.29, 0.717) is 6.42 Å². The minimum Gasteiger partial charge on any atom is -0.467 e. The van der Waals surface area contributed by atoms with E-state index in [2.05, 4.69) is 5.32 Å². The van der Waals surface area contributed by atoms with Gasteiger partial charge in [-0.25, -0.2) is 4.79 Å². The van der Waals surface area contributed by atoms with Crippen LogP contribution < -0.4 is 11.1 Å². The average Bonchev–Trinajstić information content (AvgIpc) is 2.34. The van der Waals surface area contributed by atoms with E-state index in [9.17, 15) is 9.59 Å². The lowest BCUT2D eigenvalue weighted by molar-refractivity contribution is -0.147. The van der Waals surface area contributed by atoms with Crippen LogP contribution in [-0.4, -0.2) is 31.1 Å². The van der Waals surface area contributed by atoms with Crippen LogP contribution in [0.4, 0.5) is 0 Å². The molecule has 3 N–H and O–H groups in total. The van der Waals surface area contributed by atoms with Gasteiger partial charge in [-0.2, -0.15) is 0 Å². The highest BCUT2D eigenvalue weighted by Gasteiger charge is 2.30. The van der Waals surface area contributed by atoms with Crippen molar-refractivity contribution in [3.05, 3.63) is 0 Å². The van der Waals surface area contributed by atoms with Gasteiger partial charge in [0.2, 0.25) is 5.91 Å². The largest absolute Gasteiger partial charge is 0.467 e. The van der Waals surface area contributed by atoms with E-state index < -0.39 is 12.0 Å². The summed E-state index contributed by atoms with van der Waals surface area (Å²) in [6.07, 6.45) is 3.52. The predicted molar refractivity (Wildman–Crippen MR) is 76.0 cm³/mol. The average molecular weight is 293 g/mol. The van der Waals surface area contributed by atoms with Crippen molar-refractivity contribution < 1.29 is 14.3 Å². The highest BCUT2D eigenvalue weighted by atomic mass is 35.5. The number of hydrogen-bond acceptors (Lipinski definition) is 4. The molecular weight excluding hydrogens is 268 g/mol. The number of halogens is 1. The summed E-state index contributed by atoms with van der Waals surface area (Å²) >= 11 is 0. The summed E-state index contributed by atoms with van der Waals surface area (Å²) in [6.45, 7) is 3.77. The van der Waals surface area contributed by atoms with Crippen molar-refractivity contribution in [3.8, 4) is 0 Å². The van der Waals surface area contributed by atoms with E-state index in [-0.39, 0.29) is 36.2 Å². The van der Waals surface area contributed by atoms with Crippen LogP contribution in [0.2, 0.25) is 0 Å². The fourth-order valence-corrected chi connectivity index (χ4v) is 2.36. The maximum absolute atomic E-state index is 12.1. The highest BCUT2D eigenvalue weighted by molar-refractivity contribution is 5.86. The van der Waals surface area contributed by atoms with Gasteiger partial charge in [-0.3, -0.25) is 4.79 Å². The van der Waals surface area contributed by atoms with Gasteiger partial charge in [0.1, 0.15) is 6.04 Å². The molecule has 0 aromatic carbocycles. The molecule has 0 spiro atoms. The molecule has 1 amide bonds. The lowest BCUT2D eigenvalue weighted by Gasteiger charge is -2.28. The van der Waals surface area contributed by atoms with Gasteiger partial charge in [0.05, 0.1) is 7.11 Å². The SMILES string of the molecule is COC(=O)C(NC(=O)C1CCCC(N)C1)C(C)C.Cl. The summed E-state index contributed by atoms with van der Waals surface area (Å²) in [5.41, 5.74) is 5.87. The van der Waals surface area contributed by atoms with E-state index >= 15 is 0 Å². The zero-order valence-corrected chi connectivity index (χ0v) is 12.7. The highest BCUT2D eigenvalue weighted by Crippen LogP contribution is 2.23. The molecule has 0 bridgehead atoms. The maximum Gasteiger partial charge on any atom is 0.328 e. The Balaban J connectivity index is 0.00000324. The van der Waals surface area contributed by atoms with Crippen LogP contribution in [0.25, 0.3) is 0 Å². The first kappa shape index (κ1) is 18.2. The lowest BCUT2D eigenvalue weighted by atomic mass is 9.85. The number of carbonyl (C=O) groups is 2. The molecule has 0 heterocycles. The number of nitrogens with one attached hydrogen (secondary N) is 1. The Kier molecular flexibility index (Phi) is 8.02. The number of nitrogens with two attached hydrogens (primary N) is 1. The minimum absolute atomic E-state index is 0. The number of carbonyl (C=O) groups excluding carboxylic acids is 2. The van der Waals surface area contributed by atoms with Gasteiger partial charge in [-0.05, 0) is 25.2 Å². The van der Waals surface area contributed by atoms with E-state index in [4.69, 9.17) is 10.5 Å². The Labute approximate surface area is 121 Å². The van der Waals surface area contributed by atoms with Crippen LogP contribution >= 0.6 is 12.4 Å². The Morgan fingerprint density at radius 3 is 2.42 bits per heavy atom. The standard InChI is InChI=1S/C13H24N2O3.ClH/c1-8(2)11(13(17)18-3)15-12(16)9-5-4-6-10(14)7-9;/h8-11H,4-7,14H2,1-3H3,(H,15,16);1H. The second-order valence-electron chi connectivity index (χ2n) is 5.38. The number of hydrogen-bond donors (Lipinski definition) is 2. The summed E-state index contributed by atoms with van der Waals surface area (Å²) in [5.74, 6) is -0.522. The van der Waals surface area contributed by atoms with Crippen molar-refractivity contribution in [1.29, 1.82) is 0 Å². The van der Waals surface area contributed by atoms with Crippen molar-refractivity contribution in [2.75, 3.05) is 7.11 Å². The molecule has 0 saturated heterocycles. The van der Waals surface area contributed by atoms with Crippen molar-refractivity contribution in [2.45, 2.75) is 51.6 Å². The van der Waals surface area contributed by atoms with Crippen LogP contribution in [0.3, 0.4) is 0 Å². The molecule has 0 aromatic rings. The Bertz CT molecular complexity index is 310. The van der Waals surface area contributed by atoms with E-state index in [1.807, 2.05) is 13.8 Å². The zero-order chi connectivity index (χ0) is 13.7. The molecule has 3 unspecified atom stereocenters. The molecule has 5 nitrogen and oxygen atoms in total. The summed E-state index contributed by atoms with van der Waals surface area (Å²) < 4.78 is 4.70. The minimum atomic E-state index is -0.569. The molecular formula is C13H25ClN2O3. The summed E-state index contributed by atoms with van der Waals surface area (Å²) in [6, 6.07) is -0.467. The molecule has 112 valence electrons. The van der Waals surface area contributed by atoms with Crippen LogP contribution in [0.5, 0.6) is 0 Å². The van der Waals surface area contributed by atoms with Gasteiger partial charge in [-0.15, -0.1) is 12.4 Å². The van der Waals surface area contributed by atoms with Gasteiger partial charge >= 0.3 is 5.97 Å². The molecule has 6 heteroatoms. The third kappa shape index (κ3) is 5.37. The first-order valence-electron chi connectivity index (χ1n) is 6.59. The smallest absolute Gasteiger partial charge is 0.328 e. The molecule has 1 fully saturated rings. The Hall–Kier alpha value is -0.810. The molecule has 1 aliphatic carbocycles. The first-order chi connectivity index (χ1) is 8.45. The van der Waals surface area contributed by atoms with Gasteiger partial charge in [0.15, 0.2) is 0 Å². The lowest BCUT2D eigenvalue weighted by Crippen LogP contribution is -2.48. The fraction of sp³-hybridized carbons (Fsp3) is 0.846. The van der Waals surface area contributed by atoms with Crippen molar-refractivity contribution in [2.24, 2.45) is 17.6 Å². The fourth-order valence-electron chi connectivity index (χ4n) is 2.36. The third-order valence-corrected chi connectivity index (χ3v) is 3.51. The monoisotopic (exact) mass is 292 g/mol. The van der Waals surface area contributed by atoms with E-state index in [1.165, 1.54) is 7.11 Å². The van der Waals surface area contributed by atoms with Crippen LogP contribution in [0.1, 0.15) is 39.5 Å². The van der Waals surface area contributed by atoms with Gasteiger partial charge in [0.25, 0.3) is 0 Å². The van der Waals surface area contributed by atoms with Gasteiger partial charge in [0, 0.05) is 12.0 Å². The molecule has 19 heavy (non-hydrogen) atoms. The normalized spacial score (nSPS) is 24.3. The molecule has 0 radical (unpaired) electrons. The Morgan fingerprint density at radius 1 is 1.32 bits per heavy atom. The maximum atomic E-state index is 12.1. The summed E-state index contributed by atoms with van der Waals surface area (Å²) in [7, 11) is 1.33. The van der Waals surface area contributed by atoms with Crippen molar-refractivity contribution in [1.82, 2.24) is 5.32 Å². The summed E-state index contributed by atoms with van der Waals surface area (Å²) in [4.78, 5) is 23.7. The number of methoxy groups -OCH3 is 1. The predicted octanol–water partition coefficient (Wildman–Crippen LogP) is 1.24. The number of rotatable bonds is 4. The topological polar surface area (TPSA) is 81.4 Å². The molecule has 0 aliphatic heterocycles. The molecule has 0 aromatic heterocycles. The van der Waals surface area contributed by atoms with Crippen LogP contribution in [-0.2, 0) is 14.3 Å². The second-order valence-corrected chi connectivity index (χ2v) is 5.38. The van der Waals surface area contributed by atoms with Crippen molar-refractivity contribution >= 4 is 24.3 Å². The van der Waals surface area contributed by atoms with Crippen LogP contribution in [0, 0.1) is 11.8 Å². The van der Waals surface area contributed by atoms with Gasteiger partial charge in [-0.1, -0.05) is 20.3 Å². The molecule has 3 atom stereocenters. The van der Waals surface area contributed by atoms with Crippen LogP contribution in [0.15, 0.2) is 0 Å². The molecule has 1 rings (SSSR count). The number of ether oxygens (including phenoxy) is 1. The van der Waals surface area contributed by atoms with E-state index in [0.717, 1.165) is 19.3 Å². The Morgan fingerprint density at radius 2 is 1.95 bits per heavy atom. The van der Waals surface area contributed by atoms with Gasteiger partial charge < -0.3 is 15.8 Å². The van der Waals surface area contributed by atoms with E-state index in [1.54, 1.807) is 0 Å². The van der Waals surface area contributed by atoms with Crippen molar-refractivity contribution in [3.63, 3.8) is 0 Å². The third-order valence-electron chi connectivity index (χ3n) is 3.51. The quantitative estimate of drug-likeness (QED) is 0.764. The molecule has 1 aliphatic rings. The first-order valence-corrected chi connectivity index (χ1v) is 6.59. The summed E-state index contributed by atoms with van der Waals surface area (Å²) in [5, 5.41) is 2.79.